The molecule has 1 aliphatic rings. The van der Waals surface area contributed by atoms with Crippen molar-refractivity contribution in [3.05, 3.63) is 42.0 Å². The summed E-state index contributed by atoms with van der Waals surface area (Å²) in [5, 5.41) is 17.8. The van der Waals surface area contributed by atoms with Crippen molar-refractivity contribution in [1.29, 1.82) is 0 Å². The van der Waals surface area contributed by atoms with Crippen LogP contribution in [0.1, 0.15) is 50.9 Å². The fraction of sp³-hybridized carbons (Fsp3) is 0.545. The van der Waals surface area contributed by atoms with Crippen LogP contribution < -0.4 is 16.0 Å². The molecule has 1 aromatic carbocycles. The zero-order chi connectivity index (χ0) is 21.2. The van der Waals surface area contributed by atoms with Gasteiger partial charge in [0.05, 0.1) is 6.54 Å². The molecule has 170 valence electrons. The van der Waals surface area contributed by atoms with E-state index in [2.05, 4.69) is 38.1 Å². The molecule has 0 unspecified atom stereocenters. The molecule has 9 heteroatoms. The first kappa shape index (κ1) is 25.1. The summed E-state index contributed by atoms with van der Waals surface area (Å²) in [7, 11) is 0. The van der Waals surface area contributed by atoms with Gasteiger partial charge in [0.15, 0.2) is 5.96 Å². The Morgan fingerprint density at radius 1 is 1.23 bits per heavy atom. The summed E-state index contributed by atoms with van der Waals surface area (Å²) < 4.78 is 2.05. The Hall–Kier alpha value is -2.17. The van der Waals surface area contributed by atoms with E-state index in [4.69, 9.17) is 0 Å². The van der Waals surface area contributed by atoms with Crippen molar-refractivity contribution in [3.8, 4) is 0 Å². The summed E-state index contributed by atoms with van der Waals surface area (Å²) in [5.74, 6) is 2.05. The van der Waals surface area contributed by atoms with E-state index < -0.39 is 0 Å². The van der Waals surface area contributed by atoms with Crippen LogP contribution in [0.25, 0.3) is 0 Å². The lowest BCUT2D eigenvalue weighted by Gasteiger charge is -2.13. The van der Waals surface area contributed by atoms with E-state index in [1.807, 2.05) is 35.8 Å². The van der Waals surface area contributed by atoms with Crippen molar-refractivity contribution in [2.24, 2.45) is 10.9 Å². The number of hydrogen-bond acceptors (Lipinski definition) is 4. The van der Waals surface area contributed by atoms with Crippen LogP contribution in [0.15, 0.2) is 35.6 Å². The van der Waals surface area contributed by atoms with Crippen LogP contribution in [-0.2, 0) is 24.3 Å². The van der Waals surface area contributed by atoms with Gasteiger partial charge in [-0.05, 0) is 37.5 Å². The molecule has 8 nitrogen and oxygen atoms in total. The quantitative estimate of drug-likeness (QED) is 0.258. The van der Waals surface area contributed by atoms with Crippen LogP contribution >= 0.6 is 24.0 Å². The minimum absolute atomic E-state index is 0. The van der Waals surface area contributed by atoms with E-state index in [0.29, 0.717) is 6.54 Å². The van der Waals surface area contributed by atoms with Crippen LogP contribution in [0.5, 0.6) is 0 Å². The van der Waals surface area contributed by atoms with Crippen LogP contribution in [0, 0.1) is 5.92 Å². The number of halogens is 1. The third-order valence-electron chi connectivity index (χ3n) is 5.34. The van der Waals surface area contributed by atoms with Crippen LogP contribution in [0.2, 0.25) is 0 Å². The summed E-state index contributed by atoms with van der Waals surface area (Å²) in [6.45, 7) is 6.96. The number of carbonyl (C=O) groups is 1. The number of nitrogens with zero attached hydrogens (tertiary/aromatic N) is 4. The normalized spacial score (nSPS) is 14.2. The SMILES string of the molecule is CCNC(=NCc1cccc(NC(=O)C2CCCC2)c1)NCCn1cnnc1CC.I. The van der Waals surface area contributed by atoms with Gasteiger partial charge in [0.2, 0.25) is 5.91 Å². The van der Waals surface area contributed by atoms with Crippen LogP contribution in [0.3, 0.4) is 0 Å². The summed E-state index contributed by atoms with van der Waals surface area (Å²) in [6, 6.07) is 7.94. The highest BCUT2D eigenvalue weighted by Crippen LogP contribution is 2.26. The second kappa shape index (κ2) is 13.3. The summed E-state index contributed by atoms with van der Waals surface area (Å²) >= 11 is 0. The van der Waals surface area contributed by atoms with Gasteiger partial charge in [0.1, 0.15) is 12.2 Å². The molecular weight excluding hydrogens is 505 g/mol. The van der Waals surface area contributed by atoms with Gasteiger partial charge in [-0.25, -0.2) is 4.99 Å². The highest BCUT2D eigenvalue weighted by molar-refractivity contribution is 14.0. The molecule has 0 bridgehead atoms. The maximum absolute atomic E-state index is 12.4. The van der Waals surface area contributed by atoms with E-state index in [0.717, 1.165) is 74.8 Å². The fourth-order valence-electron chi connectivity index (χ4n) is 3.73. The minimum Gasteiger partial charge on any atom is -0.357 e. The average Bonchev–Trinajstić information content (AvgIpc) is 3.44. The smallest absolute Gasteiger partial charge is 0.227 e. The minimum atomic E-state index is 0. The monoisotopic (exact) mass is 539 g/mol. The van der Waals surface area contributed by atoms with Crippen LogP contribution in [0.4, 0.5) is 5.69 Å². The first-order valence-electron chi connectivity index (χ1n) is 11.0. The number of rotatable bonds is 9. The van der Waals surface area contributed by atoms with Gasteiger partial charge >= 0.3 is 0 Å². The number of aryl methyl sites for hydroxylation is 1. The van der Waals surface area contributed by atoms with E-state index in [9.17, 15) is 4.79 Å². The molecular formula is C22H34IN7O. The molecule has 2 aromatic rings. The molecule has 1 aliphatic carbocycles. The number of amides is 1. The molecule has 0 radical (unpaired) electrons. The third kappa shape index (κ3) is 7.79. The molecule has 31 heavy (non-hydrogen) atoms. The van der Waals surface area contributed by atoms with Crippen molar-refractivity contribution in [1.82, 2.24) is 25.4 Å². The van der Waals surface area contributed by atoms with E-state index in [1.54, 1.807) is 6.33 Å². The number of aromatic nitrogens is 3. The van der Waals surface area contributed by atoms with Crippen molar-refractivity contribution < 1.29 is 4.79 Å². The topological polar surface area (TPSA) is 96.2 Å². The van der Waals surface area contributed by atoms with Gasteiger partial charge in [-0.15, -0.1) is 34.2 Å². The third-order valence-corrected chi connectivity index (χ3v) is 5.34. The second-order valence-electron chi connectivity index (χ2n) is 7.59. The number of anilines is 1. The summed E-state index contributed by atoms with van der Waals surface area (Å²) in [4.78, 5) is 17.1. The summed E-state index contributed by atoms with van der Waals surface area (Å²) in [5.41, 5.74) is 1.90. The van der Waals surface area contributed by atoms with E-state index in [-0.39, 0.29) is 35.8 Å². The molecule has 0 saturated heterocycles. The van der Waals surface area contributed by atoms with Crippen molar-refractivity contribution in [2.75, 3.05) is 18.4 Å². The Morgan fingerprint density at radius 3 is 2.77 bits per heavy atom. The molecule has 0 aliphatic heterocycles. The molecule has 1 saturated carbocycles. The zero-order valence-electron chi connectivity index (χ0n) is 18.4. The Morgan fingerprint density at radius 2 is 2.03 bits per heavy atom. The number of carbonyl (C=O) groups excluding carboxylic acids is 1. The molecule has 0 atom stereocenters. The van der Waals surface area contributed by atoms with Crippen LogP contribution in [-0.4, -0.2) is 39.7 Å². The number of hydrogen-bond donors (Lipinski definition) is 3. The second-order valence-corrected chi connectivity index (χ2v) is 7.59. The highest BCUT2D eigenvalue weighted by Gasteiger charge is 2.22. The molecule has 3 rings (SSSR count). The lowest BCUT2D eigenvalue weighted by atomic mass is 10.1. The van der Waals surface area contributed by atoms with Gasteiger partial charge in [-0.1, -0.05) is 31.9 Å². The zero-order valence-corrected chi connectivity index (χ0v) is 20.8. The predicted octanol–water partition coefficient (Wildman–Crippen LogP) is 3.34. The summed E-state index contributed by atoms with van der Waals surface area (Å²) in [6.07, 6.45) is 6.94. The van der Waals surface area contributed by atoms with E-state index >= 15 is 0 Å². The molecule has 1 fully saturated rings. The molecule has 1 aromatic heterocycles. The molecule has 1 heterocycles. The Balaban J connectivity index is 0.00000341. The maximum Gasteiger partial charge on any atom is 0.227 e. The molecule has 3 N–H and O–H groups in total. The van der Waals surface area contributed by atoms with Gasteiger partial charge in [-0.2, -0.15) is 0 Å². The first-order valence-corrected chi connectivity index (χ1v) is 11.0. The number of nitrogens with one attached hydrogen (secondary N) is 3. The lowest BCUT2D eigenvalue weighted by molar-refractivity contribution is -0.119. The lowest BCUT2D eigenvalue weighted by Crippen LogP contribution is -2.38. The Bertz CT molecular complexity index is 846. The molecule has 0 spiro atoms. The van der Waals surface area contributed by atoms with Gasteiger partial charge in [0.25, 0.3) is 0 Å². The molecule has 1 amide bonds. The maximum atomic E-state index is 12.4. The average molecular weight is 539 g/mol. The number of aliphatic imine (C=N–C) groups is 1. The van der Waals surface area contributed by atoms with Crippen molar-refractivity contribution in [3.63, 3.8) is 0 Å². The number of benzene rings is 1. The Kier molecular flexibility index (Phi) is 10.8. The van der Waals surface area contributed by atoms with Gasteiger partial charge in [0, 0.05) is 37.7 Å². The standard InChI is InChI=1S/C22H33N7O.HI/c1-3-20-28-26-16-29(20)13-12-24-22(23-4-2)25-15-17-8-7-11-19(14-17)27-21(30)18-9-5-6-10-18;/h7-8,11,14,16,18H,3-6,9-10,12-13,15H2,1-2H3,(H,27,30)(H2,23,24,25);1H. The Labute approximate surface area is 201 Å². The first-order chi connectivity index (χ1) is 14.7. The fourth-order valence-corrected chi connectivity index (χ4v) is 3.73. The highest BCUT2D eigenvalue weighted by atomic mass is 127. The predicted molar refractivity (Wildman–Crippen MR) is 135 cm³/mol. The number of guanidine groups is 1. The van der Waals surface area contributed by atoms with Crippen molar-refractivity contribution in [2.45, 2.75) is 59.0 Å². The van der Waals surface area contributed by atoms with Crippen molar-refractivity contribution >= 4 is 41.5 Å². The van der Waals surface area contributed by atoms with Gasteiger partial charge in [-0.3, -0.25) is 4.79 Å². The van der Waals surface area contributed by atoms with E-state index in [1.165, 1.54) is 0 Å². The van der Waals surface area contributed by atoms with Gasteiger partial charge < -0.3 is 20.5 Å². The largest absolute Gasteiger partial charge is 0.357 e.